The molecule has 0 aromatic heterocycles. The van der Waals surface area contributed by atoms with Gasteiger partial charge in [-0.15, -0.1) is 0 Å². The summed E-state index contributed by atoms with van der Waals surface area (Å²) >= 11 is 0. The number of ether oxygens (including phenoxy) is 2. The van der Waals surface area contributed by atoms with E-state index >= 15 is 0 Å². The molecule has 0 fully saturated rings. The summed E-state index contributed by atoms with van der Waals surface area (Å²) in [5.41, 5.74) is -0.750. The molecule has 0 unspecified atom stereocenters. The van der Waals surface area contributed by atoms with Crippen molar-refractivity contribution in [3.63, 3.8) is 0 Å². The molecule has 0 aliphatic heterocycles. The molecule has 1 aromatic carbocycles. The van der Waals surface area contributed by atoms with Gasteiger partial charge in [0, 0.05) is 0 Å². The lowest BCUT2D eigenvalue weighted by Gasteiger charge is -2.22. The highest BCUT2D eigenvalue weighted by Crippen LogP contribution is 2.34. The zero-order chi connectivity index (χ0) is 45.5. The number of aromatic carboxylic acids is 2. The minimum atomic E-state index is -1.36. The smallest absolute Gasteiger partial charge is 0.339 e. The molecule has 62 heavy (non-hydrogen) atoms. The highest BCUT2D eigenvalue weighted by molar-refractivity contribution is 6.13. The van der Waals surface area contributed by atoms with Gasteiger partial charge in [-0.1, -0.05) is 233 Å². The summed E-state index contributed by atoms with van der Waals surface area (Å²) in [5.74, 6) is -4.30. The lowest BCUT2D eigenvalue weighted by atomic mass is 9.82. The molecule has 0 atom stereocenters. The Morgan fingerprint density at radius 1 is 0.306 bits per heavy atom. The van der Waals surface area contributed by atoms with Crippen molar-refractivity contribution in [1.29, 1.82) is 0 Å². The number of benzene rings is 1. The predicted molar refractivity (Wildman–Crippen MR) is 257 cm³/mol. The maximum absolute atomic E-state index is 14.3. The van der Waals surface area contributed by atoms with E-state index in [0.29, 0.717) is 25.7 Å². The van der Waals surface area contributed by atoms with Gasteiger partial charge in [-0.25, -0.2) is 19.2 Å². The SMILES string of the molecule is CCCCCCCCCCCOC(=O)c1c(CCCCCCCCCCC)c(C(=O)OCCCCCCCCCCC)c(C(=O)O)c(CCCCCCCCCCC)c1C(=O)O. The lowest BCUT2D eigenvalue weighted by molar-refractivity contribution is 0.0475. The molecule has 0 radical (unpaired) electrons. The summed E-state index contributed by atoms with van der Waals surface area (Å²) in [6, 6.07) is 0. The number of carbonyl (C=O) groups excluding carboxylic acids is 2. The summed E-state index contributed by atoms with van der Waals surface area (Å²) in [6.45, 7) is 9.11. The van der Waals surface area contributed by atoms with Crippen molar-refractivity contribution in [1.82, 2.24) is 0 Å². The van der Waals surface area contributed by atoms with Gasteiger partial charge in [0.2, 0.25) is 0 Å². The Morgan fingerprint density at radius 2 is 0.516 bits per heavy atom. The molecule has 0 spiro atoms. The van der Waals surface area contributed by atoms with Gasteiger partial charge in [-0.3, -0.25) is 0 Å². The molecule has 0 amide bonds. The number of hydrogen-bond donors (Lipinski definition) is 2. The first-order valence-electron chi connectivity index (χ1n) is 26.3. The highest BCUT2D eigenvalue weighted by Gasteiger charge is 2.36. The van der Waals surface area contributed by atoms with Crippen molar-refractivity contribution in [3.05, 3.63) is 33.4 Å². The topological polar surface area (TPSA) is 127 Å². The molecule has 358 valence electrons. The fraction of sp³-hybridized carbons (Fsp3) is 0.815. The Labute approximate surface area is 379 Å². The molecule has 2 N–H and O–H groups in total. The van der Waals surface area contributed by atoms with Gasteiger partial charge in [0.1, 0.15) is 0 Å². The maximum atomic E-state index is 14.3. The number of hydrogen-bond acceptors (Lipinski definition) is 6. The number of carboxylic acid groups (broad SMARTS) is 2. The van der Waals surface area contributed by atoms with E-state index in [1.54, 1.807) is 0 Å². The van der Waals surface area contributed by atoms with Crippen LogP contribution in [0.25, 0.3) is 0 Å². The van der Waals surface area contributed by atoms with Crippen molar-refractivity contribution in [2.45, 2.75) is 272 Å². The minimum absolute atomic E-state index is 0.0359. The highest BCUT2D eigenvalue weighted by atomic mass is 16.5. The average molecular weight is 871 g/mol. The van der Waals surface area contributed by atoms with Crippen LogP contribution in [-0.2, 0) is 22.3 Å². The van der Waals surface area contributed by atoms with Crippen LogP contribution in [0.5, 0.6) is 0 Å². The predicted octanol–water partition coefficient (Wildman–Crippen LogP) is 16.6. The van der Waals surface area contributed by atoms with Crippen LogP contribution in [0.15, 0.2) is 0 Å². The van der Waals surface area contributed by atoms with E-state index in [1.807, 2.05) is 0 Å². The normalized spacial score (nSPS) is 11.3. The number of esters is 2. The quantitative estimate of drug-likeness (QED) is 0.0490. The summed E-state index contributed by atoms with van der Waals surface area (Å²) in [6.07, 6.45) is 38.9. The number of unbranched alkanes of at least 4 members (excludes halogenated alkanes) is 32. The van der Waals surface area contributed by atoms with Crippen molar-refractivity contribution >= 4 is 23.9 Å². The van der Waals surface area contributed by atoms with Gasteiger partial charge in [-0.2, -0.15) is 0 Å². The molecular weight excluding hydrogens is 777 g/mol. The molecule has 0 heterocycles. The van der Waals surface area contributed by atoms with E-state index in [1.165, 1.54) is 116 Å². The summed E-state index contributed by atoms with van der Waals surface area (Å²) < 4.78 is 11.7. The van der Waals surface area contributed by atoms with Crippen LogP contribution in [0.2, 0.25) is 0 Å². The van der Waals surface area contributed by atoms with E-state index in [0.717, 1.165) is 89.9 Å². The Balaban J connectivity index is 3.48. The summed E-state index contributed by atoms with van der Waals surface area (Å²) in [5, 5.41) is 21.7. The Hall–Kier alpha value is -2.90. The van der Waals surface area contributed by atoms with Gasteiger partial charge in [-0.05, 0) is 49.7 Å². The van der Waals surface area contributed by atoms with E-state index in [2.05, 4.69) is 27.7 Å². The largest absolute Gasteiger partial charge is 0.478 e. The Bertz CT molecular complexity index is 1240. The maximum Gasteiger partial charge on any atom is 0.339 e. The van der Waals surface area contributed by atoms with Crippen molar-refractivity contribution < 1.29 is 38.9 Å². The zero-order valence-corrected chi connectivity index (χ0v) is 40.6. The zero-order valence-electron chi connectivity index (χ0n) is 40.6. The lowest BCUT2D eigenvalue weighted by Crippen LogP contribution is -2.26. The molecule has 1 rings (SSSR count). The number of carbonyl (C=O) groups is 4. The van der Waals surface area contributed by atoms with Crippen molar-refractivity contribution in [2.75, 3.05) is 13.2 Å². The first kappa shape index (κ1) is 57.1. The first-order valence-corrected chi connectivity index (χ1v) is 26.3. The Kier molecular flexibility index (Phi) is 36.5. The van der Waals surface area contributed by atoms with Gasteiger partial charge in [0.15, 0.2) is 0 Å². The molecule has 0 aliphatic carbocycles. The summed E-state index contributed by atoms with van der Waals surface area (Å²) in [4.78, 5) is 55.2. The molecule has 0 bridgehead atoms. The van der Waals surface area contributed by atoms with Crippen LogP contribution in [0.1, 0.15) is 311 Å². The van der Waals surface area contributed by atoms with Gasteiger partial charge in [0.25, 0.3) is 0 Å². The van der Waals surface area contributed by atoms with Crippen LogP contribution < -0.4 is 0 Å². The van der Waals surface area contributed by atoms with E-state index < -0.39 is 23.9 Å². The minimum Gasteiger partial charge on any atom is -0.478 e. The third-order valence-corrected chi connectivity index (χ3v) is 12.6. The number of carboxylic acids is 2. The molecular formula is C54H94O8. The van der Waals surface area contributed by atoms with Crippen LogP contribution in [0, 0.1) is 0 Å². The van der Waals surface area contributed by atoms with E-state index in [4.69, 9.17) is 9.47 Å². The fourth-order valence-electron chi connectivity index (χ4n) is 8.80. The molecule has 0 aliphatic rings. The van der Waals surface area contributed by atoms with Crippen LogP contribution >= 0.6 is 0 Å². The van der Waals surface area contributed by atoms with Crippen LogP contribution in [0.3, 0.4) is 0 Å². The molecule has 1 aromatic rings. The molecule has 0 saturated carbocycles. The third kappa shape index (κ3) is 26.0. The Morgan fingerprint density at radius 3 is 0.758 bits per heavy atom. The van der Waals surface area contributed by atoms with Crippen molar-refractivity contribution in [2.24, 2.45) is 0 Å². The molecule has 8 nitrogen and oxygen atoms in total. The standard InChI is InChI=1S/C54H94O8/c1-5-9-13-17-21-25-29-33-37-41-45-47(51(55)56)49(53(59)61-43-39-35-31-27-23-19-15-11-7-3)46(42-38-34-30-26-22-18-14-10-6-2)50(48(45)52(57)58)54(60)62-44-40-36-32-28-24-20-16-12-8-4/h5-44H2,1-4H3,(H,55,56)(H,57,58). The second-order valence-corrected chi connectivity index (χ2v) is 18.2. The fourth-order valence-corrected chi connectivity index (χ4v) is 8.80. The van der Waals surface area contributed by atoms with E-state index in [-0.39, 0.29) is 59.4 Å². The molecule has 8 heteroatoms. The van der Waals surface area contributed by atoms with Crippen molar-refractivity contribution in [3.8, 4) is 0 Å². The van der Waals surface area contributed by atoms with Gasteiger partial charge < -0.3 is 19.7 Å². The van der Waals surface area contributed by atoms with E-state index in [9.17, 15) is 29.4 Å². The van der Waals surface area contributed by atoms with Gasteiger partial charge >= 0.3 is 23.9 Å². The first-order chi connectivity index (χ1) is 30.3. The molecule has 0 saturated heterocycles. The van der Waals surface area contributed by atoms with Gasteiger partial charge in [0.05, 0.1) is 35.5 Å². The third-order valence-electron chi connectivity index (χ3n) is 12.6. The number of rotatable bonds is 44. The monoisotopic (exact) mass is 871 g/mol. The second-order valence-electron chi connectivity index (χ2n) is 18.2. The van der Waals surface area contributed by atoms with Crippen LogP contribution in [0.4, 0.5) is 0 Å². The second kappa shape index (κ2) is 39.7. The summed E-state index contributed by atoms with van der Waals surface area (Å²) in [7, 11) is 0. The van der Waals surface area contributed by atoms with Crippen LogP contribution in [-0.4, -0.2) is 47.3 Å². The average Bonchev–Trinajstić information content (AvgIpc) is 3.25.